The van der Waals surface area contributed by atoms with Gasteiger partial charge in [-0.25, -0.2) is 0 Å². The van der Waals surface area contributed by atoms with Crippen LogP contribution in [0, 0.1) is 24.2 Å². The van der Waals surface area contributed by atoms with Crippen LogP contribution in [-0.4, -0.2) is 49.1 Å². The van der Waals surface area contributed by atoms with E-state index in [-0.39, 0.29) is 5.54 Å². The zero-order valence-corrected chi connectivity index (χ0v) is 14.4. The summed E-state index contributed by atoms with van der Waals surface area (Å²) >= 11 is 0. The van der Waals surface area contributed by atoms with E-state index in [0.29, 0.717) is 6.54 Å². The molecule has 0 radical (unpaired) electrons. The van der Waals surface area contributed by atoms with Crippen LogP contribution in [0.15, 0.2) is 4.99 Å². The van der Waals surface area contributed by atoms with E-state index in [0.717, 1.165) is 30.9 Å². The van der Waals surface area contributed by atoms with Gasteiger partial charge in [-0.2, -0.15) is 0 Å². The third-order valence-corrected chi connectivity index (χ3v) is 4.05. The van der Waals surface area contributed by atoms with Gasteiger partial charge in [0.25, 0.3) is 0 Å². The van der Waals surface area contributed by atoms with Gasteiger partial charge in [-0.05, 0) is 39.0 Å². The summed E-state index contributed by atoms with van der Waals surface area (Å²) in [5.74, 6) is 4.93. The quantitative estimate of drug-likeness (QED) is 0.462. The average molecular weight is 292 g/mol. The highest BCUT2D eigenvalue weighted by molar-refractivity contribution is 5.80. The number of terminal acetylenes is 1. The molecule has 0 aliphatic carbocycles. The van der Waals surface area contributed by atoms with Crippen LogP contribution in [0.4, 0.5) is 0 Å². The van der Waals surface area contributed by atoms with E-state index < -0.39 is 0 Å². The van der Waals surface area contributed by atoms with Crippen molar-refractivity contribution < 1.29 is 0 Å². The Labute approximate surface area is 130 Å². The highest BCUT2D eigenvalue weighted by Gasteiger charge is 2.32. The van der Waals surface area contributed by atoms with Crippen molar-refractivity contribution in [3.05, 3.63) is 0 Å². The highest BCUT2D eigenvalue weighted by atomic mass is 15.2. The maximum atomic E-state index is 5.30. The Morgan fingerprint density at radius 2 is 1.90 bits per heavy atom. The lowest BCUT2D eigenvalue weighted by atomic mass is 9.88. The maximum absolute atomic E-state index is 5.30. The SMILES string of the molecule is C#CCNC(=NCC(C)(C)N1CC(C)CC(C)C1)NCC. The predicted octanol–water partition coefficient (Wildman–Crippen LogP) is 1.93. The fraction of sp³-hybridized carbons (Fsp3) is 0.824. The van der Waals surface area contributed by atoms with Crippen molar-refractivity contribution in [2.24, 2.45) is 16.8 Å². The molecule has 2 unspecified atom stereocenters. The van der Waals surface area contributed by atoms with Crippen LogP contribution in [0.2, 0.25) is 0 Å². The van der Waals surface area contributed by atoms with Gasteiger partial charge in [0.1, 0.15) is 0 Å². The number of hydrogen-bond acceptors (Lipinski definition) is 2. The molecule has 1 aliphatic rings. The first kappa shape index (κ1) is 17.8. The van der Waals surface area contributed by atoms with Gasteiger partial charge in [0.15, 0.2) is 5.96 Å². The fourth-order valence-electron chi connectivity index (χ4n) is 3.01. The minimum Gasteiger partial charge on any atom is -0.357 e. The first-order valence-electron chi connectivity index (χ1n) is 8.09. The molecule has 0 spiro atoms. The van der Waals surface area contributed by atoms with Crippen LogP contribution in [0.3, 0.4) is 0 Å². The van der Waals surface area contributed by atoms with Gasteiger partial charge in [0.05, 0.1) is 13.1 Å². The van der Waals surface area contributed by atoms with Gasteiger partial charge in [-0.1, -0.05) is 19.8 Å². The molecule has 1 aliphatic heterocycles. The topological polar surface area (TPSA) is 39.7 Å². The molecule has 4 nitrogen and oxygen atoms in total. The summed E-state index contributed by atoms with van der Waals surface area (Å²) < 4.78 is 0. The number of nitrogens with one attached hydrogen (secondary N) is 2. The van der Waals surface area contributed by atoms with E-state index in [1.165, 1.54) is 19.5 Å². The molecule has 0 aromatic carbocycles. The second-order valence-electron chi connectivity index (χ2n) is 6.92. The molecule has 1 heterocycles. The highest BCUT2D eigenvalue weighted by Crippen LogP contribution is 2.27. The molecule has 0 aromatic rings. The lowest BCUT2D eigenvalue weighted by molar-refractivity contribution is 0.0512. The summed E-state index contributed by atoms with van der Waals surface area (Å²) in [4.78, 5) is 7.29. The van der Waals surface area contributed by atoms with E-state index in [1.54, 1.807) is 0 Å². The largest absolute Gasteiger partial charge is 0.357 e. The second-order valence-corrected chi connectivity index (χ2v) is 6.92. The van der Waals surface area contributed by atoms with Crippen molar-refractivity contribution in [3.63, 3.8) is 0 Å². The molecule has 0 amide bonds. The van der Waals surface area contributed by atoms with Gasteiger partial charge in [-0.3, -0.25) is 9.89 Å². The zero-order chi connectivity index (χ0) is 15.9. The number of likely N-dealkylation sites (tertiary alicyclic amines) is 1. The number of hydrogen-bond donors (Lipinski definition) is 2. The van der Waals surface area contributed by atoms with Crippen molar-refractivity contribution >= 4 is 5.96 Å². The maximum Gasteiger partial charge on any atom is 0.192 e. The van der Waals surface area contributed by atoms with Crippen molar-refractivity contribution in [3.8, 4) is 12.3 Å². The molecule has 1 fully saturated rings. The molecule has 0 saturated carbocycles. The van der Waals surface area contributed by atoms with Gasteiger partial charge < -0.3 is 10.6 Å². The van der Waals surface area contributed by atoms with Crippen LogP contribution in [0.25, 0.3) is 0 Å². The Bertz CT molecular complexity index is 371. The number of nitrogens with zero attached hydrogens (tertiary/aromatic N) is 2. The standard InChI is InChI=1S/C17H32N4/c1-7-9-19-16(18-8-2)20-13-17(5,6)21-11-14(3)10-15(4)12-21/h1,14-15H,8-13H2,2-6H3,(H2,18,19,20). The number of rotatable bonds is 5. The fourth-order valence-corrected chi connectivity index (χ4v) is 3.01. The second kappa shape index (κ2) is 8.29. The molecule has 1 rings (SSSR count). The van der Waals surface area contributed by atoms with E-state index >= 15 is 0 Å². The summed E-state index contributed by atoms with van der Waals surface area (Å²) in [6.07, 6.45) is 6.63. The molecule has 2 atom stereocenters. The Morgan fingerprint density at radius 1 is 1.29 bits per heavy atom. The summed E-state index contributed by atoms with van der Waals surface area (Å²) in [5.41, 5.74) is 0.0709. The normalized spacial score (nSPS) is 24.5. The first-order chi connectivity index (χ1) is 9.89. The van der Waals surface area contributed by atoms with Crippen LogP contribution in [0.5, 0.6) is 0 Å². The van der Waals surface area contributed by atoms with Gasteiger partial charge in [0.2, 0.25) is 0 Å². The summed E-state index contributed by atoms with van der Waals surface area (Å²) in [7, 11) is 0. The molecule has 0 aromatic heterocycles. The smallest absolute Gasteiger partial charge is 0.192 e. The number of guanidine groups is 1. The van der Waals surface area contributed by atoms with Crippen LogP contribution < -0.4 is 10.6 Å². The number of aliphatic imine (C=N–C) groups is 1. The monoisotopic (exact) mass is 292 g/mol. The van der Waals surface area contributed by atoms with Crippen molar-refractivity contribution in [1.29, 1.82) is 0 Å². The third kappa shape index (κ3) is 5.97. The summed E-state index contributed by atoms with van der Waals surface area (Å²) in [6.45, 7) is 15.8. The molecule has 21 heavy (non-hydrogen) atoms. The van der Waals surface area contributed by atoms with Gasteiger partial charge >= 0.3 is 0 Å². The molecule has 4 heteroatoms. The predicted molar refractivity (Wildman–Crippen MR) is 91.4 cm³/mol. The Hall–Kier alpha value is -1.21. The summed E-state index contributed by atoms with van der Waals surface area (Å²) in [6, 6.07) is 0. The Balaban J connectivity index is 2.66. The summed E-state index contributed by atoms with van der Waals surface area (Å²) in [5, 5.41) is 6.38. The molecular weight excluding hydrogens is 260 g/mol. The van der Waals surface area contributed by atoms with E-state index in [1.807, 2.05) is 0 Å². The minimum atomic E-state index is 0.0709. The van der Waals surface area contributed by atoms with Crippen LogP contribution >= 0.6 is 0 Å². The van der Waals surface area contributed by atoms with Crippen LogP contribution in [-0.2, 0) is 0 Å². The lowest BCUT2D eigenvalue weighted by Gasteiger charge is -2.44. The van der Waals surface area contributed by atoms with Crippen molar-refractivity contribution in [2.75, 3.05) is 32.7 Å². The molecular formula is C17H32N4. The van der Waals surface area contributed by atoms with E-state index in [2.05, 4.69) is 56.1 Å². The Morgan fingerprint density at radius 3 is 2.43 bits per heavy atom. The molecule has 0 bridgehead atoms. The molecule has 2 N–H and O–H groups in total. The van der Waals surface area contributed by atoms with Crippen molar-refractivity contribution in [1.82, 2.24) is 15.5 Å². The molecule has 120 valence electrons. The van der Waals surface area contributed by atoms with E-state index in [4.69, 9.17) is 11.4 Å². The Kier molecular flexibility index (Phi) is 7.04. The first-order valence-corrected chi connectivity index (χ1v) is 8.09. The number of piperidine rings is 1. The molecule has 1 saturated heterocycles. The van der Waals surface area contributed by atoms with Gasteiger partial charge in [-0.15, -0.1) is 6.42 Å². The lowest BCUT2D eigenvalue weighted by Crippen LogP contribution is -2.53. The third-order valence-electron chi connectivity index (χ3n) is 4.05. The van der Waals surface area contributed by atoms with E-state index in [9.17, 15) is 0 Å². The van der Waals surface area contributed by atoms with Crippen LogP contribution in [0.1, 0.15) is 41.0 Å². The zero-order valence-electron chi connectivity index (χ0n) is 14.4. The van der Waals surface area contributed by atoms with Crippen molar-refractivity contribution in [2.45, 2.75) is 46.6 Å². The average Bonchev–Trinajstić information content (AvgIpc) is 2.41. The van der Waals surface area contributed by atoms with Gasteiger partial charge in [0, 0.05) is 25.2 Å². The minimum absolute atomic E-state index is 0.0709.